The Labute approximate surface area is 143 Å². The quantitative estimate of drug-likeness (QED) is 0.895. The number of nitrogens with one attached hydrogen (secondary N) is 1. The molecular formula is C19H26N2O3. The predicted molar refractivity (Wildman–Crippen MR) is 92.8 cm³/mol. The number of carbonyl (C=O) groups excluding carboxylic acids is 2. The number of nitrogens with zero attached hydrogens (tertiary/aromatic N) is 1. The summed E-state index contributed by atoms with van der Waals surface area (Å²) >= 11 is 0. The average Bonchev–Trinajstić information content (AvgIpc) is 2.63. The third kappa shape index (κ3) is 4.15. The summed E-state index contributed by atoms with van der Waals surface area (Å²) in [6, 6.07) is 7.18. The Bertz CT molecular complexity index is 588. The van der Waals surface area contributed by atoms with E-state index in [-0.39, 0.29) is 23.8 Å². The van der Waals surface area contributed by atoms with E-state index in [0.717, 1.165) is 25.7 Å². The van der Waals surface area contributed by atoms with Gasteiger partial charge in [0.25, 0.3) is 5.91 Å². The smallest absolute Gasteiger partial charge is 0.253 e. The number of hydrogen-bond acceptors (Lipinski definition) is 3. The molecule has 1 heterocycles. The second-order valence-corrected chi connectivity index (χ2v) is 6.93. The molecule has 0 unspecified atom stereocenters. The molecule has 2 N–H and O–H groups in total. The lowest BCUT2D eigenvalue weighted by Crippen LogP contribution is -2.40. The molecule has 0 spiro atoms. The fraction of sp³-hybridized carbons (Fsp3) is 0.579. The molecule has 1 aliphatic carbocycles. The largest absolute Gasteiger partial charge is 0.393 e. The van der Waals surface area contributed by atoms with Gasteiger partial charge in [0.05, 0.1) is 6.10 Å². The van der Waals surface area contributed by atoms with Crippen LogP contribution in [0.3, 0.4) is 0 Å². The van der Waals surface area contributed by atoms with Crippen LogP contribution in [-0.2, 0) is 4.79 Å². The molecule has 130 valence electrons. The van der Waals surface area contributed by atoms with Crippen molar-refractivity contribution in [1.29, 1.82) is 0 Å². The van der Waals surface area contributed by atoms with Crippen LogP contribution in [-0.4, -0.2) is 41.0 Å². The maximum Gasteiger partial charge on any atom is 0.253 e. The highest BCUT2D eigenvalue weighted by molar-refractivity contribution is 5.97. The number of piperidine rings is 1. The number of carbonyl (C=O) groups is 2. The first-order chi connectivity index (χ1) is 11.6. The molecule has 0 bridgehead atoms. The average molecular weight is 330 g/mol. The molecule has 5 nitrogen and oxygen atoms in total. The first-order valence-electron chi connectivity index (χ1n) is 9.02. The van der Waals surface area contributed by atoms with Crippen molar-refractivity contribution in [3.63, 3.8) is 0 Å². The topological polar surface area (TPSA) is 69.6 Å². The number of hydrogen-bond donors (Lipinski definition) is 2. The molecule has 24 heavy (non-hydrogen) atoms. The first-order valence-corrected chi connectivity index (χ1v) is 9.02. The van der Waals surface area contributed by atoms with Gasteiger partial charge in [0.2, 0.25) is 5.91 Å². The Kier molecular flexibility index (Phi) is 5.51. The van der Waals surface area contributed by atoms with Crippen LogP contribution in [0, 0.1) is 5.92 Å². The zero-order valence-electron chi connectivity index (χ0n) is 14.0. The molecule has 2 aliphatic rings. The van der Waals surface area contributed by atoms with E-state index >= 15 is 0 Å². The van der Waals surface area contributed by atoms with E-state index in [1.165, 1.54) is 6.42 Å². The molecule has 1 saturated carbocycles. The summed E-state index contributed by atoms with van der Waals surface area (Å²) in [7, 11) is 0. The summed E-state index contributed by atoms with van der Waals surface area (Å²) in [6.07, 6.45) is 6.34. The van der Waals surface area contributed by atoms with E-state index in [0.29, 0.717) is 37.2 Å². The van der Waals surface area contributed by atoms with Crippen LogP contribution in [0.4, 0.5) is 5.69 Å². The summed E-state index contributed by atoms with van der Waals surface area (Å²) < 4.78 is 0. The van der Waals surface area contributed by atoms with Gasteiger partial charge in [0.15, 0.2) is 0 Å². The standard InChI is InChI=1S/C19H26N2O3/c22-17-9-11-21(12-10-17)19(24)15-7-4-8-16(13-15)20-18(23)14-5-2-1-3-6-14/h4,7-8,13-14,17,22H,1-3,5-6,9-12H2,(H,20,23). The predicted octanol–water partition coefficient (Wildman–Crippen LogP) is 2.80. The molecule has 0 radical (unpaired) electrons. The minimum Gasteiger partial charge on any atom is -0.393 e. The SMILES string of the molecule is O=C(Nc1cccc(C(=O)N2CCC(O)CC2)c1)C1CCCCC1. The molecule has 2 fully saturated rings. The Hall–Kier alpha value is -1.88. The van der Waals surface area contributed by atoms with Crippen molar-refractivity contribution in [3.05, 3.63) is 29.8 Å². The van der Waals surface area contributed by atoms with Gasteiger partial charge >= 0.3 is 0 Å². The maximum absolute atomic E-state index is 12.6. The third-order valence-corrected chi connectivity index (χ3v) is 5.10. The highest BCUT2D eigenvalue weighted by Gasteiger charge is 2.23. The maximum atomic E-state index is 12.6. The molecule has 1 saturated heterocycles. The zero-order valence-corrected chi connectivity index (χ0v) is 14.0. The van der Waals surface area contributed by atoms with Gasteiger partial charge in [0, 0.05) is 30.3 Å². The molecule has 0 atom stereocenters. The fourth-order valence-corrected chi connectivity index (χ4v) is 3.59. The van der Waals surface area contributed by atoms with E-state index in [4.69, 9.17) is 0 Å². The van der Waals surface area contributed by atoms with Gasteiger partial charge in [-0.3, -0.25) is 9.59 Å². The summed E-state index contributed by atoms with van der Waals surface area (Å²) in [6.45, 7) is 1.16. The highest BCUT2D eigenvalue weighted by Crippen LogP contribution is 2.25. The third-order valence-electron chi connectivity index (χ3n) is 5.10. The van der Waals surface area contributed by atoms with E-state index in [1.54, 1.807) is 17.0 Å². The van der Waals surface area contributed by atoms with Crippen LogP contribution >= 0.6 is 0 Å². The van der Waals surface area contributed by atoms with Crippen molar-refractivity contribution >= 4 is 17.5 Å². The lowest BCUT2D eigenvalue weighted by Gasteiger charge is -2.29. The highest BCUT2D eigenvalue weighted by atomic mass is 16.3. The minimum absolute atomic E-state index is 0.0318. The van der Waals surface area contributed by atoms with Crippen LogP contribution in [0.2, 0.25) is 0 Å². The van der Waals surface area contributed by atoms with Gasteiger partial charge in [-0.1, -0.05) is 25.3 Å². The second kappa shape index (κ2) is 7.79. The van der Waals surface area contributed by atoms with E-state index < -0.39 is 0 Å². The summed E-state index contributed by atoms with van der Waals surface area (Å²) in [5.41, 5.74) is 1.28. The van der Waals surface area contributed by atoms with E-state index in [2.05, 4.69) is 5.32 Å². The summed E-state index contributed by atoms with van der Waals surface area (Å²) in [5.74, 6) is 0.137. The lowest BCUT2D eigenvalue weighted by atomic mass is 9.88. The molecule has 0 aromatic heterocycles. The molecular weight excluding hydrogens is 304 g/mol. The molecule has 2 amide bonds. The molecule has 1 aromatic carbocycles. The van der Waals surface area contributed by atoms with Crippen molar-refractivity contribution in [2.24, 2.45) is 5.92 Å². The number of anilines is 1. The zero-order chi connectivity index (χ0) is 16.9. The van der Waals surface area contributed by atoms with Gasteiger partial charge in [-0.05, 0) is 43.9 Å². The van der Waals surface area contributed by atoms with Crippen LogP contribution in [0.1, 0.15) is 55.3 Å². The molecule has 5 heteroatoms. The van der Waals surface area contributed by atoms with E-state index in [9.17, 15) is 14.7 Å². The molecule has 1 aliphatic heterocycles. The van der Waals surface area contributed by atoms with Crippen molar-refractivity contribution < 1.29 is 14.7 Å². The van der Waals surface area contributed by atoms with Crippen LogP contribution in [0.5, 0.6) is 0 Å². The first kappa shape index (κ1) is 17.0. The van der Waals surface area contributed by atoms with Gasteiger partial charge in [-0.25, -0.2) is 0 Å². The number of amides is 2. The monoisotopic (exact) mass is 330 g/mol. The van der Waals surface area contributed by atoms with E-state index in [1.807, 2.05) is 12.1 Å². The molecule has 3 rings (SSSR count). The Morgan fingerprint density at radius 1 is 1.04 bits per heavy atom. The van der Waals surface area contributed by atoms with Gasteiger partial charge in [-0.2, -0.15) is 0 Å². The number of aliphatic hydroxyl groups excluding tert-OH is 1. The summed E-state index contributed by atoms with van der Waals surface area (Å²) in [4.78, 5) is 26.7. The minimum atomic E-state index is -0.296. The lowest BCUT2D eigenvalue weighted by molar-refractivity contribution is -0.120. The van der Waals surface area contributed by atoms with Gasteiger partial charge < -0.3 is 15.3 Å². The summed E-state index contributed by atoms with van der Waals surface area (Å²) in [5, 5.41) is 12.5. The Balaban J connectivity index is 1.63. The van der Waals surface area contributed by atoms with Crippen LogP contribution in [0.15, 0.2) is 24.3 Å². The fourth-order valence-electron chi connectivity index (χ4n) is 3.59. The van der Waals surface area contributed by atoms with Crippen molar-refractivity contribution in [1.82, 2.24) is 4.90 Å². The number of rotatable bonds is 3. The van der Waals surface area contributed by atoms with Crippen LogP contribution < -0.4 is 5.32 Å². The number of likely N-dealkylation sites (tertiary alicyclic amines) is 1. The van der Waals surface area contributed by atoms with Crippen molar-refractivity contribution in [2.75, 3.05) is 18.4 Å². The normalized spacial score (nSPS) is 20.0. The second-order valence-electron chi connectivity index (χ2n) is 6.93. The Morgan fingerprint density at radius 2 is 1.75 bits per heavy atom. The van der Waals surface area contributed by atoms with Crippen molar-refractivity contribution in [2.45, 2.75) is 51.0 Å². The molecule has 1 aromatic rings. The van der Waals surface area contributed by atoms with Crippen molar-refractivity contribution in [3.8, 4) is 0 Å². The Morgan fingerprint density at radius 3 is 2.46 bits per heavy atom. The number of aliphatic hydroxyl groups is 1. The number of benzene rings is 1. The van der Waals surface area contributed by atoms with Gasteiger partial charge in [0.1, 0.15) is 0 Å². The van der Waals surface area contributed by atoms with Crippen LogP contribution in [0.25, 0.3) is 0 Å². The van der Waals surface area contributed by atoms with Gasteiger partial charge in [-0.15, -0.1) is 0 Å².